The van der Waals surface area contributed by atoms with Gasteiger partial charge in [0.2, 0.25) is 5.13 Å². The molecule has 124 valence electrons. The van der Waals surface area contributed by atoms with Crippen molar-refractivity contribution >= 4 is 28.3 Å². The van der Waals surface area contributed by atoms with Gasteiger partial charge in [0.1, 0.15) is 5.69 Å². The van der Waals surface area contributed by atoms with Crippen molar-refractivity contribution in [3.05, 3.63) is 59.2 Å². The number of aromatic nitrogens is 4. The van der Waals surface area contributed by atoms with Crippen molar-refractivity contribution in [3.8, 4) is 16.4 Å². The molecule has 0 amide bonds. The molecule has 1 N–H and O–H groups in total. The summed E-state index contributed by atoms with van der Waals surface area (Å²) in [5.41, 5.74) is 1.11. The number of rotatable bonds is 3. The first-order chi connectivity index (χ1) is 12.0. The smallest absolute Gasteiger partial charge is 0.355 e. The number of aromatic carboxylic acids is 1. The van der Waals surface area contributed by atoms with Gasteiger partial charge in [-0.15, -0.1) is 11.3 Å². The van der Waals surface area contributed by atoms with Crippen LogP contribution in [0.4, 0.5) is 8.78 Å². The van der Waals surface area contributed by atoms with Crippen LogP contribution in [0.5, 0.6) is 0 Å². The minimum atomic E-state index is -1.15. The van der Waals surface area contributed by atoms with Gasteiger partial charge < -0.3 is 5.11 Å². The summed E-state index contributed by atoms with van der Waals surface area (Å²) < 4.78 is 28.2. The zero-order chi connectivity index (χ0) is 17.6. The van der Waals surface area contributed by atoms with Crippen LogP contribution in [0.3, 0.4) is 0 Å². The van der Waals surface area contributed by atoms with Gasteiger partial charge in [-0.1, -0.05) is 0 Å². The largest absolute Gasteiger partial charge is 0.476 e. The third-order valence-corrected chi connectivity index (χ3v) is 4.34. The fourth-order valence-corrected chi connectivity index (χ4v) is 3.15. The lowest BCUT2D eigenvalue weighted by Gasteiger charge is -1.99. The number of fused-ring (bicyclic) bond motifs is 1. The Morgan fingerprint density at radius 2 is 2.04 bits per heavy atom. The number of benzene rings is 1. The fourth-order valence-electron chi connectivity index (χ4n) is 2.40. The molecule has 0 fully saturated rings. The summed E-state index contributed by atoms with van der Waals surface area (Å²) in [6.07, 6.45) is 1.56. The third kappa shape index (κ3) is 2.54. The molecule has 3 heterocycles. The molecule has 0 spiro atoms. The SMILES string of the molecule is O=C(O)c1csc(-n2nc(-c3ccc(F)c(F)c3)c3cccnc32)n1. The van der Waals surface area contributed by atoms with Crippen LogP contribution in [0.1, 0.15) is 10.5 Å². The van der Waals surface area contributed by atoms with E-state index in [4.69, 9.17) is 5.11 Å². The second kappa shape index (κ2) is 5.71. The van der Waals surface area contributed by atoms with Crippen molar-refractivity contribution in [2.24, 2.45) is 0 Å². The Morgan fingerprint density at radius 1 is 1.20 bits per heavy atom. The van der Waals surface area contributed by atoms with E-state index >= 15 is 0 Å². The zero-order valence-electron chi connectivity index (χ0n) is 12.3. The molecule has 3 aromatic heterocycles. The van der Waals surface area contributed by atoms with Crippen molar-refractivity contribution in [2.75, 3.05) is 0 Å². The van der Waals surface area contributed by atoms with Gasteiger partial charge in [-0.2, -0.15) is 9.78 Å². The molecule has 1 aromatic carbocycles. The molecule has 0 aliphatic rings. The molecule has 4 aromatic rings. The maximum absolute atomic E-state index is 13.6. The van der Waals surface area contributed by atoms with Gasteiger partial charge >= 0.3 is 5.97 Å². The van der Waals surface area contributed by atoms with Crippen LogP contribution >= 0.6 is 11.3 Å². The first-order valence-electron chi connectivity index (χ1n) is 7.03. The monoisotopic (exact) mass is 358 g/mol. The second-order valence-corrected chi connectivity index (χ2v) is 5.92. The summed E-state index contributed by atoms with van der Waals surface area (Å²) in [5, 5.41) is 15.7. The number of hydrogen-bond donors (Lipinski definition) is 1. The molecule has 25 heavy (non-hydrogen) atoms. The van der Waals surface area contributed by atoms with Gasteiger partial charge in [0.25, 0.3) is 0 Å². The minimum Gasteiger partial charge on any atom is -0.476 e. The Hall–Kier alpha value is -3.20. The molecular formula is C16H8F2N4O2S. The summed E-state index contributed by atoms with van der Waals surface area (Å²) in [5.74, 6) is -3.07. The number of thiazole rings is 1. The summed E-state index contributed by atoms with van der Waals surface area (Å²) in [7, 11) is 0. The Morgan fingerprint density at radius 3 is 2.76 bits per heavy atom. The molecule has 4 rings (SSSR count). The first kappa shape index (κ1) is 15.3. The topological polar surface area (TPSA) is 80.9 Å². The summed E-state index contributed by atoms with van der Waals surface area (Å²) in [6, 6.07) is 6.94. The predicted octanol–water partition coefficient (Wildman–Crippen LogP) is 3.52. The van der Waals surface area contributed by atoms with Gasteiger partial charge in [0.15, 0.2) is 23.0 Å². The molecule has 6 nitrogen and oxygen atoms in total. The fraction of sp³-hybridized carbons (Fsp3) is 0. The van der Waals surface area contributed by atoms with Gasteiger partial charge in [-0.3, -0.25) is 0 Å². The molecule has 0 aliphatic carbocycles. The molecule has 0 radical (unpaired) electrons. The van der Waals surface area contributed by atoms with Crippen LogP contribution in [0.25, 0.3) is 27.4 Å². The van der Waals surface area contributed by atoms with Crippen LogP contribution < -0.4 is 0 Å². The third-order valence-electron chi connectivity index (χ3n) is 3.53. The number of carbonyl (C=O) groups is 1. The Bertz CT molecular complexity index is 1120. The van der Waals surface area contributed by atoms with Gasteiger partial charge in [-0.05, 0) is 30.3 Å². The van der Waals surface area contributed by atoms with E-state index in [2.05, 4.69) is 15.1 Å². The van der Waals surface area contributed by atoms with Crippen molar-refractivity contribution in [1.82, 2.24) is 19.7 Å². The van der Waals surface area contributed by atoms with Crippen LogP contribution in [0.2, 0.25) is 0 Å². The molecule has 0 saturated heterocycles. The summed E-state index contributed by atoms with van der Waals surface area (Å²) >= 11 is 1.09. The highest BCUT2D eigenvalue weighted by Crippen LogP contribution is 2.30. The standard InChI is InChI=1S/C16H8F2N4O2S/c17-10-4-3-8(6-11(10)18)13-9-2-1-5-19-14(9)22(21-13)16-20-12(7-25-16)15(23)24/h1-7H,(H,23,24). The Kier molecular flexibility index (Phi) is 3.50. The van der Waals surface area contributed by atoms with Crippen LogP contribution in [0, 0.1) is 11.6 Å². The molecule has 9 heteroatoms. The first-order valence-corrected chi connectivity index (χ1v) is 7.91. The number of halogens is 2. The van der Waals surface area contributed by atoms with Crippen LogP contribution in [-0.2, 0) is 0 Å². The van der Waals surface area contributed by atoms with Crippen molar-refractivity contribution in [2.45, 2.75) is 0 Å². The summed E-state index contributed by atoms with van der Waals surface area (Å²) in [6.45, 7) is 0. The minimum absolute atomic E-state index is 0.103. The highest BCUT2D eigenvalue weighted by atomic mass is 32.1. The maximum Gasteiger partial charge on any atom is 0.355 e. The molecule has 0 bridgehead atoms. The van der Waals surface area contributed by atoms with E-state index in [0.29, 0.717) is 27.4 Å². The lowest BCUT2D eigenvalue weighted by Crippen LogP contribution is -2.00. The number of nitrogens with zero attached hydrogens (tertiary/aromatic N) is 4. The predicted molar refractivity (Wildman–Crippen MR) is 86.8 cm³/mol. The van der Waals surface area contributed by atoms with Crippen molar-refractivity contribution in [3.63, 3.8) is 0 Å². The second-order valence-electron chi connectivity index (χ2n) is 5.08. The van der Waals surface area contributed by atoms with Gasteiger partial charge in [0, 0.05) is 22.5 Å². The van der Waals surface area contributed by atoms with Crippen molar-refractivity contribution < 1.29 is 18.7 Å². The van der Waals surface area contributed by atoms with Crippen molar-refractivity contribution in [1.29, 1.82) is 0 Å². The van der Waals surface area contributed by atoms with E-state index < -0.39 is 17.6 Å². The number of carboxylic acid groups (broad SMARTS) is 1. The van der Waals surface area contributed by atoms with Crippen LogP contribution in [0.15, 0.2) is 41.9 Å². The lowest BCUT2D eigenvalue weighted by atomic mass is 10.1. The van der Waals surface area contributed by atoms with E-state index in [1.165, 1.54) is 16.1 Å². The number of hydrogen-bond acceptors (Lipinski definition) is 5. The lowest BCUT2D eigenvalue weighted by molar-refractivity contribution is 0.0691. The number of carboxylic acids is 1. The molecular weight excluding hydrogens is 350 g/mol. The molecule has 0 aliphatic heterocycles. The highest BCUT2D eigenvalue weighted by molar-refractivity contribution is 7.12. The highest BCUT2D eigenvalue weighted by Gasteiger charge is 2.18. The van der Waals surface area contributed by atoms with E-state index in [1.54, 1.807) is 18.3 Å². The average Bonchev–Trinajstić information content (AvgIpc) is 3.22. The van der Waals surface area contributed by atoms with Gasteiger partial charge in [-0.25, -0.2) is 23.5 Å². The molecule has 0 saturated carbocycles. The van der Waals surface area contributed by atoms with E-state index in [0.717, 1.165) is 23.5 Å². The zero-order valence-corrected chi connectivity index (χ0v) is 13.2. The Labute approximate surface area is 143 Å². The van der Waals surface area contributed by atoms with E-state index in [9.17, 15) is 13.6 Å². The van der Waals surface area contributed by atoms with E-state index in [1.807, 2.05) is 0 Å². The normalized spacial score (nSPS) is 11.1. The quantitative estimate of drug-likeness (QED) is 0.606. The average molecular weight is 358 g/mol. The number of pyridine rings is 1. The summed E-state index contributed by atoms with van der Waals surface area (Å²) in [4.78, 5) is 19.3. The van der Waals surface area contributed by atoms with Gasteiger partial charge in [0.05, 0.1) is 0 Å². The molecule has 0 unspecified atom stereocenters. The maximum atomic E-state index is 13.6. The molecule has 0 atom stereocenters. The Balaban J connectivity index is 1.94. The van der Waals surface area contributed by atoms with E-state index in [-0.39, 0.29) is 5.69 Å². The van der Waals surface area contributed by atoms with Crippen LogP contribution in [-0.4, -0.2) is 30.8 Å².